The number of amides is 2. The van der Waals surface area contributed by atoms with E-state index in [1.165, 1.54) is 0 Å². The van der Waals surface area contributed by atoms with Gasteiger partial charge >= 0.3 is 0 Å². The van der Waals surface area contributed by atoms with E-state index < -0.39 is 0 Å². The molecule has 0 spiro atoms. The molecule has 0 saturated carbocycles. The summed E-state index contributed by atoms with van der Waals surface area (Å²) in [4.78, 5) is 26.8. The third kappa shape index (κ3) is 3.30. The van der Waals surface area contributed by atoms with Crippen LogP contribution >= 0.6 is 0 Å². The lowest BCUT2D eigenvalue weighted by Crippen LogP contribution is -2.37. The number of fused-ring (bicyclic) bond motifs is 1. The Morgan fingerprint density at radius 2 is 2.00 bits per heavy atom. The minimum atomic E-state index is -0.240. The fourth-order valence-electron chi connectivity index (χ4n) is 3.72. The Balaban J connectivity index is 1.47. The second-order valence-electron chi connectivity index (χ2n) is 6.99. The molecule has 1 N–H and O–H groups in total. The zero-order valence-corrected chi connectivity index (χ0v) is 15.4. The molecule has 1 unspecified atom stereocenters. The Labute approximate surface area is 157 Å². The van der Waals surface area contributed by atoms with Crippen molar-refractivity contribution in [1.29, 1.82) is 0 Å². The van der Waals surface area contributed by atoms with Crippen LogP contribution in [0.5, 0.6) is 0 Å². The van der Waals surface area contributed by atoms with Gasteiger partial charge in [-0.15, -0.1) is 0 Å². The summed E-state index contributed by atoms with van der Waals surface area (Å²) in [7, 11) is 0. The Morgan fingerprint density at radius 3 is 2.78 bits per heavy atom. The number of carbonyl (C=O) groups is 2. The first-order valence-corrected chi connectivity index (χ1v) is 9.01. The van der Waals surface area contributed by atoms with Crippen LogP contribution in [0.15, 0.2) is 47.0 Å². The van der Waals surface area contributed by atoms with Crippen LogP contribution < -0.4 is 5.32 Å². The number of likely N-dealkylation sites (tertiary alicyclic amines) is 1. The van der Waals surface area contributed by atoms with Gasteiger partial charge in [-0.25, -0.2) is 0 Å². The standard InChI is InChI=1S/C21H21N3O3/c1-13-20(14(2)27-23-13)21(26)22-17-10-19(25)24(12-17)11-16-8-5-7-15-6-3-4-9-18(15)16/h3-9,17H,10-12H2,1-2H3,(H,22,26). The molecule has 0 radical (unpaired) electrons. The summed E-state index contributed by atoms with van der Waals surface area (Å²) >= 11 is 0. The zero-order chi connectivity index (χ0) is 19.0. The summed E-state index contributed by atoms with van der Waals surface area (Å²) < 4.78 is 5.05. The van der Waals surface area contributed by atoms with Gasteiger partial charge in [0.05, 0.1) is 11.7 Å². The number of aromatic nitrogens is 1. The van der Waals surface area contributed by atoms with Crippen LogP contribution in [0.3, 0.4) is 0 Å². The minimum absolute atomic E-state index is 0.0481. The molecule has 138 valence electrons. The van der Waals surface area contributed by atoms with E-state index in [0.717, 1.165) is 16.3 Å². The summed E-state index contributed by atoms with van der Waals surface area (Å²) in [6.07, 6.45) is 0.305. The van der Waals surface area contributed by atoms with Crippen LogP contribution in [0.4, 0.5) is 0 Å². The Bertz CT molecular complexity index is 1000. The van der Waals surface area contributed by atoms with Crippen LogP contribution in [-0.2, 0) is 11.3 Å². The molecule has 2 aromatic carbocycles. The second-order valence-corrected chi connectivity index (χ2v) is 6.99. The highest BCUT2D eigenvalue weighted by Crippen LogP contribution is 2.23. The average Bonchev–Trinajstić information content (AvgIpc) is 3.16. The molecule has 0 bridgehead atoms. The molecule has 1 aromatic heterocycles. The van der Waals surface area contributed by atoms with Gasteiger partial charge in [0.2, 0.25) is 5.91 Å². The number of benzene rings is 2. The Morgan fingerprint density at radius 1 is 1.22 bits per heavy atom. The Hall–Kier alpha value is -3.15. The van der Waals surface area contributed by atoms with Crippen molar-refractivity contribution in [2.45, 2.75) is 32.9 Å². The summed E-state index contributed by atoms with van der Waals surface area (Å²) in [5.74, 6) is 0.296. The SMILES string of the molecule is Cc1noc(C)c1C(=O)NC1CC(=O)N(Cc2cccc3ccccc23)C1. The van der Waals surface area contributed by atoms with Crippen molar-refractivity contribution < 1.29 is 14.1 Å². The largest absolute Gasteiger partial charge is 0.361 e. The number of nitrogens with zero attached hydrogens (tertiary/aromatic N) is 2. The third-order valence-corrected chi connectivity index (χ3v) is 5.05. The number of hydrogen-bond acceptors (Lipinski definition) is 4. The smallest absolute Gasteiger partial charge is 0.257 e. The summed E-state index contributed by atoms with van der Waals surface area (Å²) in [6.45, 7) is 4.48. The van der Waals surface area contributed by atoms with Crippen molar-refractivity contribution in [3.05, 3.63) is 65.0 Å². The molecule has 2 heterocycles. The maximum Gasteiger partial charge on any atom is 0.257 e. The van der Waals surface area contributed by atoms with Crippen molar-refractivity contribution in [2.75, 3.05) is 6.54 Å². The van der Waals surface area contributed by atoms with Gasteiger partial charge in [0.25, 0.3) is 5.91 Å². The van der Waals surface area contributed by atoms with E-state index >= 15 is 0 Å². The molecule has 27 heavy (non-hydrogen) atoms. The van der Waals surface area contributed by atoms with E-state index in [2.05, 4.69) is 28.7 Å². The molecule has 2 amide bonds. The molecule has 3 aromatic rings. The fourth-order valence-corrected chi connectivity index (χ4v) is 3.72. The lowest BCUT2D eigenvalue weighted by molar-refractivity contribution is -0.128. The predicted molar refractivity (Wildman–Crippen MR) is 101 cm³/mol. The van der Waals surface area contributed by atoms with Gasteiger partial charge in [-0.1, -0.05) is 47.6 Å². The lowest BCUT2D eigenvalue weighted by Gasteiger charge is -2.18. The van der Waals surface area contributed by atoms with E-state index in [9.17, 15) is 9.59 Å². The van der Waals surface area contributed by atoms with Crippen molar-refractivity contribution in [3.8, 4) is 0 Å². The predicted octanol–water partition coefficient (Wildman–Crippen LogP) is 2.98. The quantitative estimate of drug-likeness (QED) is 0.773. The van der Waals surface area contributed by atoms with Crippen LogP contribution in [0.2, 0.25) is 0 Å². The van der Waals surface area contributed by atoms with Gasteiger partial charge in [-0.2, -0.15) is 0 Å². The number of hydrogen-bond donors (Lipinski definition) is 1. The summed E-state index contributed by atoms with van der Waals surface area (Å²) in [6, 6.07) is 14.1. The highest BCUT2D eigenvalue weighted by Gasteiger charge is 2.32. The third-order valence-electron chi connectivity index (χ3n) is 5.05. The molecule has 6 heteroatoms. The monoisotopic (exact) mass is 363 g/mol. The van der Waals surface area contributed by atoms with Crippen LogP contribution in [0.25, 0.3) is 10.8 Å². The van der Waals surface area contributed by atoms with Gasteiger partial charge in [-0.3, -0.25) is 9.59 Å². The second kappa shape index (κ2) is 6.87. The highest BCUT2D eigenvalue weighted by molar-refractivity contribution is 5.97. The first kappa shape index (κ1) is 17.3. The molecular formula is C21H21N3O3. The number of rotatable bonds is 4. The molecule has 0 aliphatic carbocycles. The summed E-state index contributed by atoms with van der Waals surface area (Å²) in [5, 5.41) is 9.06. The summed E-state index contributed by atoms with van der Waals surface area (Å²) in [5.41, 5.74) is 2.12. The number of aryl methyl sites for hydroxylation is 2. The van der Waals surface area contributed by atoms with Gasteiger partial charge in [-0.05, 0) is 30.2 Å². The van der Waals surface area contributed by atoms with Crippen LogP contribution in [0, 0.1) is 13.8 Å². The van der Waals surface area contributed by atoms with Crippen molar-refractivity contribution in [1.82, 2.24) is 15.4 Å². The first-order valence-electron chi connectivity index (χ1n) is 9.01. The zero-order valence-electron chi connectivity index (χ0n) is 15.4. The molecule has 1 atom stereocenters. The van der Waals surface area contributed by atoms with Crippen molar-refractivity contribution in [3.63, 3.8) is 0 Å². The van der Waals surface area contributed by atoms with E-state index in [0.29, 0.717) is 36.5 Å². The Kier molecular flexibility index (Phi) is 4.39. The van der Waals surface area contributed by atoms with Gasteiger partial charge < -0.3 is 14.7 Å². The van der Waals surface area contributed by atoms with E-state index in [1.807, 2.05) is 24.3 Å². The maximum absolute atomic E-state index is 12.5. The molecule has 4 rings (SSSR count). The van der Waals surface area contributed by atoms with Crippen LogP contribution in [0.1, 0.15) is 33.8 Å². The van der Waals surface area contributed by atoms with E-state index in [4.69, 9.17) is 4.52 Å². The molecule has 1 saturated heterocycles. The minimum Gasteiger partial charge on any atom is -0.361 e. The number of carbonyl (C=O) groups excluding carboxylic acids is 2. The van der Waals surface area contributed by atoms with Gasteiger partial charge in [0.15, 0.2) is 0 Å². The van der Waals surface area contributed by atoms with Gasteiger partial charge in [0, 0.05) is 19.5 Å². The molecule has 6 nitrogen and oxygen atoms in total. The van der Waals surface area contributed by atoms with Crippen molar-refractivity contribution >= 4 is 22.6 Å². The normalized spacial score (nSPS) is 16.9. The van der Waals surface area contributed by atoms with Crippen molar-refractivity contribution in [2.24, 2.45) is 0 Å². The van der Waals surface area contributed by atoms with E-state index in [-0.39, 0.29) is 17.9 Å². The first-order chi connectivity index (χ1) is 13.0. The molecule has 1 aliphatic heterocycles. The fraction of sp³-hybridized carbons (Fsp3) is 0.286. The average molecular weight is 363 g/mol. The van der Waals surface area contributed by atoms with Crippen LogP contribution in [-0.4, -0.2) is 34.5 Å². The topological polar surface area (TPSA) is 75.4 Å². The molecule has 1 fully saturated rings. The molecular weight excluding hydrogens is 342 g/mol. The maximum atomic E-state index is 12.5. The number of nitrogens with one attached hydrogen (secondary N) is 1. The highest BCUT2D eigenvalue weighted by atomic mass is 16.5. The van der Waals surface area contributed by atoms with Gasteiger partial charge in [0.1, 0.15) is 11.3 Å². The lowest BCUT2D eigenvalue weighted by atomic mass is 10.0. The molecule has 1 aliphatic rings. The van der Waals surface area contributed by atoms with E-state index in [1.54, 1.807) is 18.7 Å².